The van der Waals surface area contributed by atoms with E-state index < -0.39 is 0 Å². The number of pyridine rings is 1. The normalized spacial score (nSPS) is 21.6. The molecule has 0 aliphatic heterocycles. The number of aliphatic hydroxyl groups excluding tert-OH is 1. The van der Waals surface area contributed by atoms with Crippen LogP contribution < -0.4 is 0 Å². The summed E-state index contributed by atoms with van der Waals surface area (Å²) in [5.41, 5.74) is 3.83. The van der Waals surface area contributed by atoms with E-state index in [0.717, 1.165) is 38.5 Å². The molecule has 0 unspecified atom stereocenters. The molecule has 2 heteroatoms. The smallest absolute Gasteiger partial charge is 0.0540 e. The van der Waals surface area contributed by atoms with E-state index in [2.05, 4.69) is 44.2 Å². The molecular formula is C22H29NO. The fourth-order valence-electron chi connectivity index (χ4n) is 3.73. The lowest BCUT2D eigenvalue weighted by Crippen LogP contribution is -2.20. The fourth-order valence-corrected chi connectivity index (χ4v) is 3.73. The van der Waals surface area contributed by atoms with Crippen LogP contribution >= 0.6 is 0 Å². The lowest BCUT2D eigenvalue weighted by Gasteiger charge is -2.25. The molecule has 0 bridgehead atoms. The van der Waals surface area contributed by atoms with Crippen molar-refractivity contribution in [3.8, 4) is 0 Å². The van der Waals surface area contributed by atoms with Gasteiger partial charge in [-0.2, -0.15) is 0 Å². The molecule has 1 saturated carbocycles. The van der Waals surface area contributed by atoms with E-state index in [1.165, 1.54) is 34.0 Å². The fraction of sp³-hybridized carbons (Fsp3) is 0.500. The van der Waals surface area contributed by atoms with Gasteiger partial charge in [0.1, 0.15) is 0 Å². The molecule has 24 heavy (non-hydrogen) atoms. The van der Waals surface area contributed by atoms with E-state index in [0.29, 0.717) is 5.92 Å². The molecule has 1 aliphatic rings. The zero-order valence-electron chi connectivity index (χ0n) is 15.0. The van der Waals surface area contributed by atoms with Gasteiger partial charge in [0.25, 0.3) is 0 Å². The first-order valence-electron chi connectivity index (χ1n) is 9.40. The van der Waals surface area contributed by atoms with Crippen molar-refractivity contribution in [2.24, 2.45) is 5.92 Å². The number of hydrogen-bond acceptors (Lipinski definition) is 2. The van der Waals surface area contributed by atoms with E-state index >= 15 is 0 Å². The Balaban J connectivity index is 1.82. The Labute approximate surface area is 145 Å². The van der Waals surface area contributed by atoms with Crippen LogP contribution in [0.4, 0.5) is 0 Å². The van der Waals surface area contributed by atoms with Crippen LogP contribution in [-0.4, -0.2) is 16.2 Å². The zero-order valence-corrected chi connectivity index (χ0v) is 15.0. The van der Waals surface area contributed by atoms with Crippen LogP contribution in [0.5, 0.6) is 0 Å². The van der Waals surface area contributed by atoms with Gasteiger partial charge in [-0.3, -0.25) is 4.98 Å². The van der Waals surface area contributed by atoms with Crippen molar-refractivity contribution in [2.45, 2.75) is 64.9 Å². The quantitative estimate of drug-likeness (QED) is 0.793. The third-order valence-electron chi connectivity index (χ3n) is 5.34. The summed E-state index contributed by atoms with van der Waals surface area (Å²) in [7, 11) is 0. The molecule has 0 amide bonds. The summed E-state index contributed by atoms with van der Waals surface area (Å²) in [5.74, 6) is 0.671. The predicted molar refractivity (Wildman–Crippen MR) is 102 cm³/mol. The van der Waals surface area contributed by atoms with Gasteiger partial charge in [-0.15, -0.1) is 0 Å². The second-order valence-electron chi connectivity index (χ2n) is 7.25. The molecule has 0 atom stereocenters. The van der Waals surface area contributed by atoms with Gasteiger partial charge in [0.05, 0.1) is 6.10 Å². The Morgan fingerprint density at radius 1 is 1.21 bits per heavy atom. The number of aryl methyl sites for hydroxylation is 1. The average Bonchev–Trinajstić information content (AvgIpc) is 2.60. The number of hydrogen-bond donors (Lipinski definition) is 1. The summed E-state index contributed by atoms with van der Waals surface area (Å²) in [5, 5.41) is 12.2. The van der Waals surface area contributed by atoms with E-state index in [9.17, 15) is 5.11 Å². The van der Waals surface area contributed by atoms with Gasteiger partial charge in [-0.05, 0) is 73.9 Å². The van der Waals surface area contributed by atoms with Crippen LogP contribution in [0.3, 0.4) is 0 Å². The third kappa shape index (κ3) is 4.05. The van der Waals surface area contributed by atoms with Crippen molar-refractivity contribution in [1.82, 2.24) is 4.98 Å². The first-order chi connectivity index (χ1) is 11.7. The molecule has 1 aromatic carbocycles. The minimum atomic E-state index is -0.0793. The second kappa shape index (κ2) is 7.94. The van der Waals surface area contributed by atoms with E-state index in [1.54, 1.807) is 0 Å². The summed E-state index contributed by atoms with van der Waals surface area (Å²) in [4.78, 5) is 4.74. The summed E-state index contributed by atoms with van der Waals surface area (Å²) in [6.45, 7) is 4.42. The molecule has 128 valence electrons. The number of nitrogens with zero attached hydrogens (tertiary/aromatic N) is 1. The minimum Gasteiger partial charge on any atom is -0.393 e. The van der Waals surface area contributed by atoms with Gasteiger partial charge in [0.15, 0.2) is 0 Å². The zero-order chi connectivity index (χ0) is 16.9. The van der Waals surface area contributed by atoms with Crippen LogP contribution in [0.2, 0.25) is 0 Å². The maximum Gasteiger partial charge on any atom is 0.0540 e. The standard InChI is InChI=1S/C22H29NO/c1-3-4-5-6-17-7-10-19-15-23-22(16(2)21(19)13-17)14-18-8-11-20(24)12-9-18/h5-7,10,13,15,18,20,24H,3-4,8-9,11-12,14H2,1-2H3/b6-5-. The van der Waals surface area contributed by atoms with Crippen molar-refractivity contribution in [3.05, 3.63) is 47.3 Å². The van der Waals surface area contributed by atoms with Gasteiger partial charge >= 0.3 is 0 Å². The Hall–Kier alpha value is -1.67. The second-order valence-corrected chi connectivity index (χ2v) is 7.25. The number of aliphatic hydroxyl groups is 1. The number of aromatic nitrogens is 1. The van der Waals surface area contributed by atoms with Crippen molar-refractivity contribution >= 4 is 16.8 Å². The number of benzene rings is 1. The molecule has 1 N–H and O–H groups in total. The molecule has 3 rings (SSSR count). The van der Waals surface area contributed by atoms with Crippen LogP contribution in [0.1, 0.15) is 62.3 Å². The number of allylic oxidation sites excluding steroid dienone is 1. The molecule has 1 fully saturated rings. The highest BCUT2D eigenvalue weighted by molar-refractivity contribution is 5.87. The minimum absolute atomic E-state index is 0.0793. The Kier molecular flexibility index (Phi) is 5.68. The van der Waals surface area contributed by atoms with Crippen molar-refractivity contribution < 1.29 is 5.11 Å². The van der Waals surface area contributed by atoms with Crippen molar-refractivity contribution in [1.29, 1.82) is 0 Å². The molecule has 1 aromatic heterocycles. The highest BCUT2D eigenvalue weighted by Gasteiger charge is 2.21. The highest BCUT2D eigenvalue weighted by atomic mass is 16.3. The van der Waals surface area contributed by atoms with Crippen LogP contribution in [0.15, 0.2) is 30.5 Å². The molecule has 1 aliphatic carbocycles. The highest BCUT2D eigenvalue weighted by Crippen LogP contribution is 2.29. The lowest BCUT2D eigenvalue weighted by atomic mass is 9.83. The van der Waals surface area contributed by atoms with Crippen molar-refractivity contribution in [2.75, 3.05) is 0 Å². The van der Waals surface area contributed by atoms with Crippen LogP contribution in [0, 0.1) is 12.8 Å². The van der Waals surface area contributed by atoms with E-state index in [4.69, 9.17) is 4.98 Å². The van der Waals surface area contributed by atoms with Gasteiger partial charge in [-0.1, -0.05) is 37.6 Å². The Morgan fingerprint density at radius 2 is 2.00 bits per heavy atom. The Bertz CT molecular complexity index is 711. The van der Waals surface area contributed by atoms with Crippen LogP contribution in [0.25, 0.3) is 16.8 Å². The summed E-state index contributed by atoms with van der Waals surface area (Å²) >= 11 is 0. The van der Waals surface area contributed by atoms with Gasteiger partial charge < -0.3 is 5.11 Å². The summed E-state index contributed by atoms with van der Waals surface area (Å²) in [6, 6.07) is 6.66. The maximum absolute atomic E-state index is 9.69. The van der Waals surface area contributed by atoms with E-state index in [-0.39, 0.29) is 6.10 Å². The predicted octanol–water partition coefficient (Wildman–Crippen LogP) is 5.45. The molecule has 2 nitrogen and oxygen atoms in total. The average molecular weight is 323 g/mol. The first-order valence-corrected chi connectivity index (χ1v) is 9.40. The molecule has 0 saturated heterocycles. The molecule has 1 heterocycles. The lowest BCUT2D eigenvalue weighted by molar-refractivity contribution is 0.108. The SMILES string of the molecule is CCC/C=C\c1ccc2cnc(CC3CCC(O)CC3)c(C)c2c1. The monoisotopic (exact) mass is 323 g/mol. The molecule has 0 radical (unpaired) electrons. The van der Waals surface area contributed by atoms with E-state index in [1.807, 2.05) is 6.20 Å². The molecule has 0 spiro atoms. The first kappa shape index (κ1) is 17.2. The van der Waals surface area contributed by atoms with Gasteiger partial charge in [-0.25, -0.2) is 0 Å². The molecule has 2 aromatic rings. The third-order valence-corrected chi connectivity index (χ3v) is 5.34. The Morgan fingerprint density at radius 3 is 2.75 bits per heavy atom. The summed E-state index contributed by atoms with van der Waals surface area (Å²) < 4.78 is 0. The number of rotatable bonds is 5. The van der Waals surface area contributed by atoms with Gasteiger partial charge in [0, 0.05) is 17.3 Å². The summed E-state index contributed by atoms with van der Waals surface area (Å²) in [6.07, 6.45) is 13.9. The number of fused-ring (bicyclic) bond motifs is 1. The maximum atomic E-state index is 9.69. The number of unbranched alkanes of at least 4 members (excludes halogenated alkanes) is 1. The topological polar surface area (TPSA) is 33.1 Å². The molecular weight excluding hydrogens is 294 g/mol. The van der Waals surface area contributed by atoms with Crippen LogP contribution in [-0.2, 0) is 6.42 Å². The van der Waals surface area contributed by atoms with Gasteiger partial charge in [0.2, 0.25) is 0 Å². The van der Waals surface area contributed by atoms with Crippen molar-refractivity contribution in [3.63, 3.8) is 0 Å². The largest absolute Gasteiger partial charge is 0.393 e.